The van der Waals surface area contributed by atoms with Crippen molar-refractivity contribution in [3.63, 3.8) is 0 Å². The molecule has 1 heterocycles. The van der Waals surface area contributed by atoms with Gasteiger partial charge in [0.05, 0.1) is 6.04 Å². The van der Waals surface area contributed by atoms with E-state index in [0.717, 1.165) is 18.7 Å². The number of aryl methyl sites for hydroxylation is 2. The Morgan fingerprint density at radius 3 is 2.65 bits per heavy atom. The number of nitrogens with zero attached hydrogens (tertiary/aromatic N) is 2. The van der Waals surface area contributed by atoms with Crippen LogP contribution >= 0.6 is 0 Å². The van der Waals surface area contributed by atoms with Crippen LogP contribution in [0, 0.1) is 0 Å². The highest BCUT2D eigenvalue weighted by Gasteiger charge is 2.13. The third-order valence-corrected chi connectivity index (χ3v) is 3.08. The Morgan fingerprint density at radius 1 is 1.29 bits per heavy atom. The average molecular weight is 229 g/mol. The summed E-state index contributed by atoms with van der Waals surface area (Å²) in [7, 11) is 4.03. The van der Waals surface area contributed by atoms with Crippen molar-refractivity contribution in [2.24, 2.45) is 7.05 Å². The minimum atomic E-state index is 0.315. The normalized spacial score (nSPS) is 12.6. The fraction of sp³-hybridized carbons (Fsp3) is 0.357. The van der Waals surface area contributed by atoms with Crippen LogP contribution in [0.2, 0.25) is 0 Å². The molecule has 0 saturated carbocycles. The van der Waals surface area contributed by atoms with E-state index in [1.54, 1.807) is 0 Å². The molecular formula is C14H19N3. The number of rotatable bonds is 5. The fourth-order valence-electron chi connectivity index (χ4n) is 2.07. The van der Waals surface area contributed by atoms with Crippen LogP contribution in [-0.2, 0) is 13.5 Å². The summed E-state index contributed by atoms with van der Waals surface area (Å²) >= 11 is 0. The predicted octanol–water partition coefficient (Wildman–Crippen LogP) is 2.31. The Morgan fingerprint density at radius 2 is 2.06 bits per heavy atom. The SMILES string of the molecule is CNC(CCc1ccccc1)c1nccn1C. The lowest BCUT2D eigenvalue weighted by Crippen LogP contribution is -2.20. The van der Waals surface area contributed by atoms with Gasteiger partial charge in [0.1, 0.15) is 5.82 Å². The summed E-state index contributed by atoms with van der Waals surface area (Å²) in [6.45, 7) is 0. The third-order valence-electron chi connectivity index (χ3n) is 3.08. The van der Waals surface area contributed by atoms with Crippen LogP contribution < -0.4 is 5.32 Å². The minimum absolute atomic E-state index is 0.315. The van der Waals surface area contributed by atoms with Gasteiger partial charge in [-0.1, -0.05) is 30.3 Å². The largest absolute Gasteiger partial charge is 0.337 e. The maximum absolute atomic E-state index is 4.40. The maximum Gasteiger partial charge on any atom is 0.125 e. The minimum Gasteiger partial charge on any atom is -0.337 e. The van der Waals surface area contributed by atoms with Gasteiger partial charge in [-0.3, -0.25) is 0 Å². The lowest BCUT2D eigenvalue weighted by atomic mass is 10.0. The molecule has 0 radical (unpaired) electrons. The van der Waals surface area contributed by atoms with Crippen LogP contribution in [0.15, 0.2) is 42.7 Å². The Kier molecular flexibility index (Phi) is 3.94. The van der Waals surface area contributed by atoms with E-state index < -0.39 is 0 Å². The molecule has 0 spiro atoms. The molecule has 0 saturated heterocycles. The van der Waals surface area contributed by atoms with Crippen LogP contribution in [0.5, 0.6) is 0 Å². The molecule has 1 aromatic carbocycles. The molecule has 3 heteroatoms. The number of imidazole rings is 1. The van der Waals surface area contributed by atoms with Gasteiger partial charge in [0.15, 0.2) is 0 Å². The van der Waals surface area contributed by atoms with Gasteiger partial charge in [-0.05, 0) is 25.5 Å². The maximum atomic E-state index is 4.40. The van der Waals surface area contributed by atoms with Crippen molar-refractivity contribution in [2.45, 2.75) is 18.9 Å². The van der Waals surface area contributed by atoms with E-state index in [1.165, 1.54) is 5.56 Å². The van der Waals surface area contributed by atoms with E-state index >= 15 is 0 Å². The highest BCUT2D eigenvalue weighted by Crippen LogP contribution is 2.16. The number of aromatic nitrogens is 2. The zero-order chi connectivity index (χ0) is 12.1. The molecule has 0 amide bonds. The van der Waals surface area contributed by atoms with Crippen molar-refractivity contribution < 1.29 is 0 Å². The van der Waals surface area contributed by atoms with E-state index in [4.69, 9.17) is 0 Å². The molecule has 1 atom stereocenters. The van der Waals surface area contributed by atoms with Gasteiger partial charge < -0.3 is 9.88 Å². The quantitative estimate of drug-likeness (QED) is 0.852. The molecule has 0 aliphatic heterocycles. The molecule has 90 valence electrons. The number of hydrogen-bond acceptors (Lipinski definition) is 2. The van der Waals surface area contributed by atoms with Crippen LogP contribution in [0.4, 0.5) is 0 Å². The Labute approximate surface area is 103 Å². The summed E-state index contributed by atoms with van der Waals surface area (Å²) in [5, 5.41) is 3.33. The smallest absolute Gasteiger partial charge is 0.125 e. The van der Waals surface area contributed by atoms with Crippen molar-refractivity contribution >= 4 is 0 Å². The van der Waals surface area contributed by atoms with E-state index in [9.17, 15) is 0 Å². The van der Waals surface area contributed by atoms with Crippen LogP contribution in [0.3, 0.4) is 0 Å². The molecule has 0 bridgehead atoms. The zero-order valence-corrected chi connectivity index (χ0v) is 10.4. The molecule has 3 nitrogen and oxygen atoms in total. The molecule has 0 aliphatic rings. The van der Waals surface area contributed by atoms with Gasteiger partial charge >= 0.3 is 0 Å². The molecule has 1 unspecified atom stereocenters. The van der Waals surface area contributed by atoms with Crippen LogP contribution in [-0.4, -0.2) is 16.6 Å². The lowest BCUT2D eigenvalue weighted by molar-refractivity contribution is 0.505. The fourth-order valence-corrected chi connectivity index (χ4v) is 2.07. The Hall–Kier alpha value is -1.61. The van der Waals surface area contributed by atoms with E-state index in [0.29, 0.717) is 6.04 Å². The van der Waals surface area contributed by atoms with Crippen molar-refractivity contribution in [1.82, 2.24) is 14.9 Å². The molecule has 2 rings (SSSR count). The van der Waals surface area contributed by atoms with Crippen molar-refractivity contribution in [2.75, 3.05) is 7.05 Å². The molecule has 0 fully saturated rings. The Bertz CT molecular complexity index is 448. The first-order valence-corrected chi connectivity index (χ1v) is 5.99. The highest BCUT2D eigenvalue weighted by molar-refractivity contribution is 5.15. The van der Waals surface area contributed by atoms with Gasteiger partial charge in [0, 0.05) is 19.4 Å². The summed E-state index contributed by atoms with van der Waals surface area (Å²) in [6.07, 6.45) is 5.97. The second-order valence-corrected chi connectivity index (χ2v) is 4.26. The summed E-state index contributed by atoms with van der Waals surface area (Å²) < 4.78 is 2.08. The molecule has 1 N–H and O–H groups in total. The number of nitrogens with one attached hydrogen (secondary N) is 1. The molecule has 0 aliphatic carbocycles. The third kappa shape index (κ3) is 2.94. The first-order valence-electron chi connectivity index (χ1n) is 5.99. The molecular weight excluding hydrogens is 210 g/mol. The summed E-state index contributed by atoms with van der Waals surface area (Å²) in [5.74, 6) is 1.10. The van der Waals surface area contributed by atoms with E-state index in [2.05, 4.69) is 45.2 Å². The van der Waals surface area contributed by atoms with Crippen molar-refractivity contribution in [3.8, 4) is 0 Å². The first-order chi connectivity index (χ1) is 8.31. The summed E-state index contributed by atoms with van der Waals surface area (Å²) in [6, 6.07) is 10.9. The van der Waals surface area contributed by atoms with Crippen LogP contribution in [0.25, 0.3) is 0 Å². The lowest BCUT2D eigenvalue weighted by Gasteiger charge is -2.15. The van der Waals surface area contributed by atoms with Gasteiger partial charge in [0.2, 0.25) is 0 Å². The summed E-state index contributed by atoms with van der Waals surface area (Å²) in [5.41, 5.74) is 1.38. The highest BCUT2D eigenvalue weighted by atomic mass is 15.1. The van der Waals surface area contributed by atoms with E-state index in [1.807, 2.05) is 26.5 Å². The first kappa shape index (κ1) is 11.9. The van der Waals surface area contributed by atoms with Crippen LogP contribution in [0.1, 0.15) is 23.9 Å². The van der Waals surface area contributed by atoms with Gasteiger partial charge in [-0.25, -0.2) is 4.98 Å². The van der Waals surface area contributed by atoms with Gasteiger partial charge in [-0.2, -0.15) is 0 Å². The molecule has 17 heavy (non-hydrogen) atoms. The van der Waals surface area contributed by atoms with Crippen molar-refractivity contribution in [1.29, 1.82) is 0 Å². The number of hydrogen-bond donors (Lipinski definition) is 1. The standard InChI is InChI=1S/C14H19N3/c1-15-13(14-16-10-11-17(14)2)9-8-12-6-4-3-5-7-12/h3-7,10-11,13,15H,8-9H2,1-2H3. The zero-order valence-electron chi connectivity index (χ0n) is 10.4. The topological polar surface area (TPSA) is 29.9 Å². The monoisotopic (exact) mass is 229 g/mol. The molecule has 1 aromatic heterocycles. The average Bonchev–Trinajstić information content (AvgIpc) is 2.78. The summed E-state index contributed by atoms with van der Waals surface area (Å²) in [4.78, 5) is 4.40. The second kappa shape index (κ2) is 5.64. The Balaban J connectivity index is 2.00. The van der Waals surface area contributed by atoms with Crippen molar-refractivity contribution in [3.05, 3.63) is 54.1 Å². The predicted molar refractivity (Wildman–Crippen MR) is 69.8 cm³/mol. The number of benzene rings is 1. The van der Waals surface area contributed by atoms with E-state index in [-0.39, 0.29) is 0 Å². The molecule has 2 aromatic rings. The second-order valence-electron chi connectivity index (χ2n) is 4.26. The van der Waals surface area contributed by atoms with Gasteiger partial charge in [0.25, 0.3) is 0 Å². The van der Waals surface area contributed by atoms with Gasteiger partial charge in [-0.15, -0.1) is 0 Å².